The van der Waals surface area contributed by atoms with Gasteiger partial charge >= 0.3 is 0 Å². The zero-order valence-corrected chi connectivity index (χ0v) is 20.7. The normalized spacial score (nSPS) is 20.9. The molecule has 3 rings (SSSR count). The summed E-state index contributed by atoms with van der Waals surface area (Å²) in [4.78, 5) is 29.0. The smallest absolute Gasteiger partial charge is 0.230 e. The van der Waals surface area contributed by atoms with Gasteiger partial charge in [0.1, 0.15) is 5.78 Å². The van der Waals surface area contributed by atoms with E-state index in [1.165, 1.54) is 24.0 Å². The average Bonchev–Trinajstić information content (AvgIpc) is 3.17. The Morgan fingerprint density at radius 1 is 1.25 bits per heavy atom. The molecule has 2 aliphatic carbocycles. The third kappa shape index (κ3) is 6.10. The summed E-state index contributed by atoms with van der Waals surface area (Å²) in [6.07, 6.45) is 5.78. The fraction of sp³-hybridized carbons (Fsp3) is 0.615. The van der Waals surface area contributed by atoms with Gasteiger partial charge in [-0.15, -0.1) is 11.3 Å². The molecule has 0 aromatic carbocycles. The Balaban J connectivity index is 2.04. The van der Waals surface area contributed by atoms with Gasteiger partial charge in [-0.1, -0.05) is 23.5 Å². The monoisotopic (exact) mass is 457 g/mol. The maximum absolute atomic E-state index is 13.8. The molecule has 1 heterocycles. The van der Waals surface area contributed by atoms with Crippen molar-refractivity contribution in [1.29, 1.82) is 0 Å². The van der Waals surface area contributed by atoms with Crippen LogP contribution in [0.3, 0.4) is 0 Å². The van der Waals surface area contributed by atoms with Crippen LogP contribution in [-0.4, -0.2) is 29.9 Å². The van der Waals surface area contributed by atoms with E-state index in [2.05, 4.69) is 24.8 Å². The van der Waals surface area contributed by atoms with Gasteiger partial charge in [0, 0.05) is 37.3 Å². The molecule has 1 aromatic heterocycles. The van der Waals surface area contributed by atoms with Gasteiger partial charge < -0.3 is 14.7 Å². The number of methoxy groups -OCH3 is 1. The summed E-state index contributed by atoms with van der Waals surface area (Å²) in [5.74, 6) is 6.69. The molecule has 2 aliphatic rings. The van der Waals surface area contributed by atoms with Gasteiger partial charge in [0.15, 0.2) is 6.29 Å². The van der Waals surface area contributed by atoms with Crippen molar-refractivity contribution in [3.63, 3.8) is 0 Å². The second kappa shape index (κ2) is 10.3. The largest absolute Gasteiger partial charge is 0.364 e. The summed E-state index contributed by atoms with van der Waals surface area (Å²) in [5.41, 5.74) is 1.85. The number of allylic oxidation sites excluding steroid dienone is 2. The summed E-state index contributed by atoms with van der Waals surface area (Å²) in [7, 11) is 1.45. The molecule has 1 aromatic rings. The average molecular weight is 458 g/mol. The van der Waals surface area contributed by atoms with Crippen molar-refractivity contribution in [2.24, 2.45) is 11.3 Å². The lowest BCUT2D eigenvalue weighted by atomic mass is 9.87. The third-order valence-electron chi connectivity index (χ3n) is 6.11. The molecule has 1 saturated carbocycles. The first-order chi connectivity index (χ1) is 15.1. The highest BCUT2D eigenvalue weighted by Gasteiger charge is 2.36. The molecule has 0 bridgehead atoms. The minimum atomic E-state index is -1.13. The number of hydrogen-bond acceptors (Lipinski definition) is 5. The zero-order valence-electron chi connectivity index (χ0n) is 19.9. The van der Waals surface area contributed by atoms with Crippen LogP contribution in [0.1, 0.15) is 88.7 Å². The van der Waals surface area contributed by atoms with Crippen LogP contribution in [0.4, 0.5) is 5.69 Å². The summed E-state index contributed by atoms with van der Waals surface area (Å²) < 4.78 is 5.25. The Labute approximate surface area is 195 Å². The number of hydrogen-bond donors (Lipinski definition) is 1. The lowest BCUT2D eigenvalue weighted by Crippen LogP contribution is -2.46. The fourth-order valence-corrected chi connectivity index (χ4v) is 5.21. The molecule has 0 aliphatic heterocycles. The number of Topliss-reactive ketones (excluding diaryl/α,β-unsaturated/α-hetero) is 1. The molecule has 1 fully saturated rings. The van der Waals surface area contributed by atoms with Crippen LogP contribution in [0.15, 0.2) is 17.7 Å². The topological polar surface area (TPSA) is 66.8 Å². The van der Waals surface area contributed by atoms with Crippen LogP contribution in [0, 0.1) is 23.2 Å². The molecule has 6 heteroatoms. The van der Waals surface area contributed by atoms with Crippen LogP contribution >= 0.6 is 11.3 Å². The van der Waals surface area contributed by atoms with E-state index in [1.54, 1.807) is 0 Å². The Bertz CT molecular complexity index is 933. The number of aliphatic hydroxyl groups excluding tert-OH is 1. The van der Waals surface area contributed by atoms with Crippen molar-refractivity contribution in [1.82, 2.24) is 0 Å². The molecular weight excluding hydrogens is 422 g/mol. The minimum Gasteiger partial charge on any atom is -0.364 e. The number of amides is 1. The number of carbonyl (C=O) groups is 2. The van der Waals surface area contributed by atoms with Crippen molar-refractivity contribution in [2.75, 3.05) is 12.0 Å². The lowest BCUT2D eigenvalue weighted by Gasteiger charge is -2.37. The third-order valence-corrected chi connectivity index (χ3v) is 7.18. The van der Waals surface area contributed by atoms with E-state index in [1.807, 2.05) is 31.7 Å². The number of rotatable bonds is 5. The summed E-state index contributed by atoms with van der Waals surface area (Å²) in [6, 6.07) is 1.85. The van der Waals surface area contributed by atoms with Gasteiger partial charge in [-0.25, -0.2) is 0 Å². The number of thiophene rings is 1. The van der Waals surface area contributed by atoms with E-state index >= 15 is 0 Å². The molecule has 5 nitrogen and oxygen atoms in total. The Morgan fingerprint density at radius 2 is 1.94 bits per heavy atom. The molecule has 1 unspecified atom stereocenters. The van der Waals surface area contributed by atoms with E-state index in [0.29, 0.717) is 36.2 Å². The number of anilines is 1. The SMILES string of the molecule is COC(O)c1sc(C#CC(C)(C)C)cc1N(C(=O)[C@H]1CC=C(C)CC1)C1CCC(=O)CC1. The maximum Gasteiger partial charge on any atom is 0.230 e. The van der Waals surface area contributed by atoms with Gasteiger partial charge in [-0.2, -0.15) is 0 Å². The van der Waals surface area contributed by atoms with E-state index in [9.17, 15) is 14.7 Å². The first-order valence-corrected chi connectivity index (χ1v) is 12.3. The molecule has 0 saturated heterocycles. The van der Waals surface area contributed by atoms with Crippen LogP contribution < -0.4 is 4.90 Å². The van der Waals surface area contributed by atoms with Gasteiger partial charge in [0.25, 0.3) is 0 Å². The number of aliphatic hydroxyl groups is 1. The predicted octanol–water partition coefficient (Wildman–Crippen LogP) is 5.37. The van der Waals surface area contributed by atoms with Gasteiger partial charge in [0.2, 0.25) is 5.91 Å². The van der Waals surface area contributed by atoms with Crippen molar-refractivity contribution in [2.45, 2.75) is 85.0 Å². The second-order valence-electron chi connectivity index (χ2n) is 9.95. The zero-order chi connectivity index (χ0) is 23.5. The second-order valence-corrected chi connectivity index (χ2v) is 11.0. The summed E-state index contributed by atoms with van der Waals surface area (Å²) in [5, 5.41) is 10.6. The highest BCUT2D eigenvalue weighted by molar-refractivity contribution is 7.13. The standard InChI is InChI=1S/C26H35NO4S/c1-17-6-8-18(9-7-17)24(29)27(19-10-12-20(28)13-11-19)22-16-21(14-15-26(2,3)4)32-23(22)25(30)31-5/h6,16,18-19,25,30H,7-13H2,1-5H3/t18-,25?/m0/s1. The Morgan fingerprint density at radius 3 is 2.50 bits per heavy atom. The quantitative estimate of drug-likeness (QED) is 0.366. The van der Waals surface area contributed by atoms with Gasteiger partial charge in [-0.05, 0) is 65.9 Å². The highest BCUT2D eigenvalue weighted by Crippen LogP contribution is 2.40. The van der Waals surface area contributed by atoms with E-state index in [4.69, 9.17) is 4.74 Å². The fourth-order valence-electron chi connectivity index (χ4n) is 4.24. The lowest BCUT2D eigenvalue weighted by molar-refractivity contribution is -0.125. The van der Waals surface area contributed by atoms with Gasteiger partial charge in [-0.3, -0.25) is 9.59 Å². The molecule has 32 heavy (non-hydrogen) atoms. The van der Waals surface area contributed by atoms with Crippen LogP contribution in [0.5, 0.6) is 0 Å². The Hall–Kier alpha value is -1.94. The van der Waals surface area contributed by atoms with Crippen molar-refractivity contribution < 1.29 is 19.4 Å². The molecule has 0 radical (unpaired) electrons. The van der Waals surface area contributed by atoms with Crippen molar-refractivity contribution in [3.8, 4) is 11.8 Å². The number of carbonyl (C=O) groups excluding carboxylic acids is 2. The maximum atomic E-state index is 13.8. The van der Waals surface area contributed by atoms with Crippen LogP contribution in [-0.2, 0) is 14.3 Å². The first kappa shape index (κ1) is 24.7. The molecular formula is C26H35NO4S. The minimum absolute atomic E-state index is 0.0620. The van der Waals surface area contributed by atoms with Crippen LogP contribution in [0.2, 0.25) is 0 Å². The molecule has 1 amide bonds. The molecule has 1 N–H and O–H groups in total. The molecule has 2 atom stereocenters. The number of ketones is 1. The molecule has 0 spiro atoms. The summed E-state index contributed by atoms with van der Waals surface area (Å²) >= 11 is 1.37. The van der Waals surface area contributed by atoms with E-state index in [-0.39, 0.29) is 29.1 Å². The first-order valence-electron chi connectivity index (χ1n) is 11.5. The van der Waals surface area contributed by atoms with Gasteiger partial charge in [0.05, 0.1) is 15.4 Å². The van der Waals surface area contributed by atoms with Crippen LogP contribution in [0.25, 0.3) is 0 Å². The van der Waals surface area contributed by atoms with E-state index < -0.39 is 6.29 Å². The van der Waals surface area contributed by atoms with Crippen molar-refractivity contribution in [3.05, 3.63) is 27.5 Å². The number of ether oxygens (including phenoxy) is 1. The predicted molar refractivity (Wildman–Crippen MR) is 128 cm³/mol. The Kier molecular flexibility index (Phi) is 7.97. The molecule has 174 valence electrons. The highest BCUT2D eigenvalue weighted by atomic mass is 32.1. The van der Waals surface area contributed by atoms with E-state index in [0.717, 1.165) is 24.1 Å². The van der Waals surface area contributed by atoms with Crippen molar-refractivity contribution >= 4 is 28.7 Å². The summed E-state index contributed by atoms with van der Waals surface area (Å²) in [6.45, 7) is 8.25. The number of nitrogens with zero attached hydrogens (tertiary/aromatic N) is 1.